The summed E-state index contributed by atoms with van der Waals surface area (Å²) in [6.45, 7) is 0.632. The summed E-state index contributed by atoms with van der Waals surface area (Å²) in [6, 6.07) is 7.93. The summed E-state index contributed by atoms with van der Waals surface area (Å²) in [5, 5.41) is 5.81. The third-order valence-electron chi connectivity index (χ3n) is 2.51. The van der Waals surface area contributed by atoms with Gasteiger partial charge in [0.25, 0.3) is 5.91 Å². The number of unbranched alkanes of at least 4 members (excludes halogenated alkanes) is 1. The van der Waals surface area contributed by atoms with Crippen molar-refractivity contribution in [1.29, 1.82) is 0 Å². The van der Waals surface area contributed by atoms with Crippen LogP contribution in [0.5, 0.6) is 0 Å². The fourth-order valence-electron chi connectivity index (χ4n) is 1.64. The molecule has 0 unspecified atom stereocenters. The molecule has 0 radical (unpaired) electrons. The van der Waals surface area contributed by atoms with Crippen LogP contribution < -0.4 is 5.32 Å². The fourth-order valence-corrected chi connectivity index (χ4v) is 2.58. The molecule has 1 N–H and O–H groups in total. The van der Waals surface area contributed by atoms with E-state index in [1.807, 2.05) is 29.6 Å². The monoisotopic (exact) mass is 243 g/mol. The van der Waals surface area contributed by atoms with Crippen molar-refractivity contribution in [2.75, 3.05) is 6.54 Å². The van der Waals surface area contributed by atoms with Crippen LogP contribution in [0.3, 0.4) is 0 Å². The number of carbonyl (C=O) groups excluding carboxylic acids is 1. The van der Waals surface area contributed by atoms with Gasteiger partial charge in [-0.1, -0.05) is 18.2 Å². The lowest BCUT2D eigenvalue weighted by Gasteiger charge is -2.02. The molecule has 0 aliphatic rings. The Kier molecular flexibility index (Phi) is 3.79. The molecule has 1 heterocycles. The second-order valence-corrected chi connectivity index (χ2v) is 4.62. The number of amides is 1. The first-order chi connectivity index (χ1) is 8.33. The molecule has 2 nitrogen and oxygen atoms in total. The van der Waals surface area contributed by atoms with E-state index in [2.05, 4.69) is 11.2 Å². The average molecular weight is 243 g/mol. The number of rotatable bonds is 4. The molecule has 0 saturated carbocycles. The van der Waals surface area contributed by atoms with Crippen molar-refractivity contribution in [2.24, 2.45) is 0 Å². The van der Waals surface area contributed by atoms with Crippen LogP contribution in [0.25, 0.3) is 10.1 Å². The topological polar surface area (TPSA) is 29.1 Å². The molecule has 0 fully saturated rings. The molecule has 86 valence electrons. The van der Waals surface area contributed by atoms with Gasteiger partial charge in [-0.25, -0.2) is 0 Å². The third kappa shape index (κ3) is 2.66. The molecule has 1 aromatic carbocycles. The second-order valence-electron chi connectivity index (χ2n) is 3.71. The summed E-state index contributed by atoms with van der Waals surface area (Å²) in [4.78, 5) is 11.9. The van der Waals surface area contributed by atoms with Crippen molar-refractivity contribution in [2.45, 2.75) is 12.8 Å². The number of benzene rings is 1. The largest absolute Gasteiger partial charge is 0.352 e. The number of fused-ring (bicyclic) bond motifs is 1. The van der Waals surface area contributed by atoms with Crippen LogP contribution in [-0.4, -0.2) is 12.5 Å². The standard InChI is InChI=1S/C14H13NOS/c1-2-3-6-9-15-14(16)12-10-17-13-8-5-4-7-11(12)13/h1,4-5,7-8,10H,3,6,9H2,(H,15,16). The van der Waals surface area contributed by atoms with Crippen LogP contribution in [0.15, 0.2) is 29.6 Å². The molecule has 0 atom stereocenters. The van der Waals surface area contributed by atoms with Crippen molar-refractivity contribution < 1.29 is 4.79 Å². The molecule has 2 aromatic rings. The Balaban J connectivity index is 2.07. The smallest absolute Gasteiger partial charge is 0.252 e. The highest BCUT2D eigenvalue weighted by Crippen LogP contribution is 2.25. The summed E-state index contributed by atoms with van der Waals surface area (Å²) in [5.74, 6) is 2.54. The molecule has 0 aliphatic carbocycles. The van der Waals surface area contributed by atoms with Gasteiger partial charge in [0.15, 0.2) is 0 Å². The van der Waals surface area contributed by atoms with Crippen LogP contribution in [-0.2, 0) is 0 Å². The van der Waals surface area contributed by atoms with Crippen LogP contribution in [0.1, 0.15) is 23.2 Å². The highest BCUT2D eigenvalue weighted by molar-refractivity contribution is 7.17. The van der Waals surface area contributed by atoms with Gasteiger partial charge in [0.05, 0.1) is 5.56 Å². The maximum atomic E-state index is 11.9. The Hall–Kier alpha value is -1.79. The van der Waals surface area contributed by atoms with E-state index in [0.29, 0.717) is 13.0 Å². The molecule has 1 amide bonds. The Morgan fingerprint density at radius 3 is 3.06 bits per heavy atom. The minimum absolute atomic E-state index is 0.0144. The number of nitrogens with one attached hydrogen (secondary N) is 1. The van der Waals surface area contributed by atoms with Crippen molar-refractivity contribution >= 4 is 27.3 Å². The predicted molar refractivity (Wildman–Crippen MR) is 72.2 cm³/mol. The molecule has 3 heteroatoms. The lowest BCUT2D eigenvalue weighted by molar-refractivity contribution is 0.0955. The number of carbonyl (C=O) groups is 1. The first-order valence-electron chi connectivity index (χ1n) is 5.51. The van der Waals surface area contributed by atoms with Crippen LogP contribution >= 0.6 is 11.3 Å². The first-order valence-corrected chi connectivity index (χ1v) is 6.39. The van der Waals surface area contributed by atoms with Crippen LogP contribution in [0, 0.1) is 12.3 Å². The molecule has 0 spiro atoms. The van der Waals surface area contributed by atoms with Gasteiger partial charge in [-0.05, 0) is 12.5 Å². The molecule has 2 rings (SSSR count). The predicted octanol–water partition coefficient (Wildman–Crippen LogP) is 3.04. The van der Waals surface area contributed by atoms with Crippen molar-refractivity contribution in [3.05, 3.63) is 35.2 Å². The average Bonchev–Trinajstić information content (AvgIpc) is 2.78. The molecule has 0 aliphatic heterocycles. The van der Waals surface area contributed by atoms with E-state index in [4.69, 9.17) is 6.42 Å². The lowest BCUT2D eigenvalue weighted by Crippen LogP contribution is -2.23. The van der Waals surface area contributed by atoms with Gasteiger partial charge in [0, 0.05) is 28.4 Å². The van der Waals surface area contributed by atoms with E-state index in [1.54, 1.807) is 11.3 Å². The van der Waals surface area contributed by atoms with E-state index in [9.17, 15) is 4.79 Å². The second kappa shape index (κ2) is 5.51. The van der Waals surface area contributed by atoms with Crippen LogP contribution in [0.2, 0.25) is 0 Å². The number of hydrogen-bond donors (Lipinski definition) is 1. The highest BCUT2D eigenvalue weighted by atomic mass is 32.1. The van der Waals surface area contributed by atoms with E-state index in [-0.39, 0.29) is 5.91 Å². The Labute approximate surface area is 105 Å². The van der Waals surface area contributed by atoms with Crippen molar-refractivity contribution in [1.82, 2.24) is 5.32 Å². The fraction of sp³-hybridized carbons (Fsp3) is 0.214. The van der Waals surface area contributed by atoms with E-state index in [0.717, 1.165) is 22.1 Å². The number of thiophene rings is 1. The SMILES string of the molecule is C#CCCCNC(=O)c1csc2ccccc12. The minimum atomic E-state index is -0.0144. The minimum Gasteiger partial charge on any atom is -0.352 e. The van der Waals surface area contributed by atoms with Gasteiger partial charge in [0.1, 0.15) is 0 Å². The number of terminal acetylenes is 1. The molecular formula is C14H13NOS. The zero-order valence-electron chi connectivity index (χ0n) is 9.40. The zero-order valence-corrected chi connectivity index (χ0v) is 10.2. The summed E-state index contributed by atoms with van der Waals surface area (Å²) >= 11 is 1.59. The zero-order chi connectivity index (χ0) is 12.1. The first kappa shape index (κ1) is 11.7. The highest BCUT2D eigenvalue weighted by Gasteiger charge is 2.10. The molecule has 1 aromatic heterocycles. The van der Waals surface area contributed by atoms with Crippen molar-refractivity contribution in [3.63, 3.8) is 0 Å². The van der Waals surface area contributed by atoms with Gasteiger partial charge in [-0.2, -0.15) is 0 Å². The summed E-state index contributed by atoms with van der Waals surface area (Å²) in [6.07, 6.45) is 6.68. The maximum absolute atomic E-state index is 11.9. The van der Waals surface area contributed by atoms with E-state index < -0.39 is 0 Å². The molecule has 0 saturated heterocycles. The molecule has 17 heavy (non-hydrogen) atoms. The normalized spacial score (nSPS) is 10.1. The van der Waals surface area contributed by atoms with Gasteiger partial charge in [-0.15, -0.1) is 23.7 Å². The van der Waals surface area contributed by atoms with Gasteiger partial charge in [0.2, 0.25) is 0 Å². The Morgan fingerprint density at radius 1 is 1.41 bits per heavy atom. The maximum Gasteiger partial charge on any atom is 0.252 e. The number of hydrogen-bond acceptors (Lipinski definition) is 2. The Morgan fingerprint density at radius 2 is 2.24 bits per heavy atom. The summed E-state index contributed by atoms with van der Waals surface area (Å²) in [7, 11) is 0. The molecular weight excluding hydrogens is 230 g/mol. The lowest BCUT2D eigenvalue weighted by atomic mass is 10.1. The third-order valence-corrected chi connectivity index (χ3v) is 3.47. The van der Waals surface area contributed by atoms with E-state index in [1.165, 1.54) is 0 Å². The van der Waals surface area contributed by atoms with Crippen molar-refractivity contribution in [3.8, 4) is 12.3 Å². The summed E-state index contributed by atoms with van der Waals surface area (Å²) < 4.78 is 1.14. The van der Waals surface area contributed by atoms with Gasteiger partial charge in [-0.3, -0.25) is 4.79 Å². The Bertz CT molecular complexity index is 565. The quantitative estimate of drug-likeness (QED) is 0.649. The van der Waals surface area contributed by atoms with Gasteiger partial charge >= 0.3 is 0 Å². The van der Waals surface area contributed by atoms with Gasteiger partial charge < -0.3 is 5.32 Å². The van der Waals surface area contributed by atoms with E-state index >= 15 is 0 Å². The van der Waals surface area contributed by atoms with Crippen LogP contribution in [0.4, 0.5) is 0 Å². The summed E-state index contributed by atoms with van der Waals surface area (Å²) in [5.41, 5.74) is 0.756. The molecule has 0 bridgehead atoms.